The van der Waals surface area contributed by atoms with Crippen molar-refractivity contribution in [2.24, 2.45) is 0 Å². The maximum absolute atomic E-state index is 12.7. The molecule has 3 aliphatic rings. The van der Waals surface area contributed by atoms with E-state index in [1.807, 2.05) is 24.3 Å². The van der Waals surface area contributed by atoms with Gasteiger partial charge in [-0.3, -0.25) is 9.59 Å². The van der Waals surface area contributed by atoms with Crippen LogP contribution in [0.4, 0.5) is 0 Å². The minimum atomic E-state index is -0.0977. The van der Waals surface area contributed by atoms with Crippen molar-refractivity contribution in [1.82, 2.24) is 15.5 Å². The average molecular weight is 436 g/mol. The number of nitrogens with zero attached hydrogens (tertiary/aromatic N) is 1. The van der Waals surface area contributed by atoms with Gasteiger partial charge in [0.15, 0.2) is 11.5 Å². The fourth-order valence-corrected chi connectivity index (χ4v) is 5.07. The molecule has 2 fully saturated rings. The SMILES string of the molecule is CC(NC1CCC(c2ccc(C(=O)N3CCNC(=O)C3)cc2)C1)c1cccc2c1OCO2. The Balaban J connectivity index is 1.19. The highest BCUT2D eigenvalue weighted by Gasteiger charge is 2.29. The summed E-state index contributed by atoms with van der Waals surface area (Å²) in [6, 6.07) is 14.6. The zero-order chi connectivity index (χ0) is 22.1. The van der Waals surface area contributed by atoms with Gasteiger partial charge in [-0.25, -0.2) is 0 Å². The van der Waals surface area contributed by atoms with Crippen molar-refractivity contribution in [2.45, 2.75) is 44.2 Å². The summed E-state index contributed by atoms with van der Waals surface area (Å²) in [4.78, 5) is 25.9. The van der Waals surface area contributed by atoms with Gasteiger partial charge >= 0.3 is 0 Å². The van der Waals surface area contributed by atoms with Crippen LogP contribution in [0.25, 0.3) is 0 Å². The van der Waals surface area contributed by atoms with Gasteiger partial charge in [0.1, 0.15) is 0 Å². The maximum Gasteiger partial charge on any atom is 0.254 e. The van der Waals surface area contributed by atoms with Gasteiger partial charge in [-0.05, 0) is 55.9 Å². The predicted octanol–water partition coefficient (Wildman–Crippen LogP) is 2.97. The summed E-state index contributed by atoms with van der Waals surface area (Å²) in [6.45, 7) is 3.67. The lowest BCUT2D eigenvalue weighted by Crippen LogP contribution is -2.49. The second-order valence-electron chi connectivity index (χ2n) is 8.87. The average Bonchev–Trinajstić information content (AvgIpc) is 3.48. The number of carbonyl (C=O) groups excluding carboxylic acids is 2. The highest BCUT2D eigenvalue weighted by Crippen LogP contribution is 2.40. The van der Waals surface area contributed by atoms with Gasteiger partial charge in [-0.15, -0.1) is 0 Å². The van der Waals surface area contributed by atoms with E-state index in [-0.39, 0.29) is 31.2 Å². The Morgan fingerprint density at radius 1 is 1.16 bits per heavy atom. The summed E-state index contributed by atoms with van der Waals surface area (Å²) in [5.74, 6) is 1.98. The molecule has 0 aromatic heterocycles. The van der Waals surface area contributed by atoms with Crippen molar-refractivity contribution < 1.29 is 19.1 Å². The first-order chi connectivity index (χ1) is 15.6. The molecule has 2 aromatic rings. The molecule has 0 bridgehead atoms. The van der Waals surface area contributed by atoms with E-state index in [1.165, 1.54) is 5.56 Å². The minimum Gasteiger partial charge on any atom is -0.454 e. The van der Waals surface area contributed by atoms with E-state index in [9.17, 15) is 9.59 Å². The zero-order valence-electron chi connectivity index (χ0n) is 18.3. The number of hydrogen-bond donors (Lipinski definition) is 2. The molecule has 1 saturated heterocycles. The fourth-order valence-electron chi connectivity index (χ4n) is 5.07. The van der Waals surface area contributed by atoms with Crippen molar-refractivity contribution in [2.75, 3.05) is 26.4 Å². The molecule has 1 saturated carbocycles. The molecule has 3 unspecified atom stereocenters. The lowest BCUT2D eigenvalue weighted by Gasteiger charge is -2.26. The van der Waals surface area contributed by atoms with E-state index >= 15 is 0 Å². The first-order valence-corrected chi connectivity index (χ1v) is 11.4. The molecular weight excluding hydrogens is 406 g/mol. The van der Waals surface area contributed by atoms with E-state index in [4.69, 9.17) is 9.47 Å². The van der Waals surface area contributed by atoms with E-state index in [2.05, 4.69) is 35.8 Å². The van der Waals surface area contributed by atoms with Crippen LogP contribution < -0.4 is 20.1 Å². The monoisotopic (exact) mass is 435 g/mol. The Bertz CT molecular complexity index is 1010. The van der Waals surface area contributed by atoms with Crippen LogP contribution in [0.5, 0.6) is 11.5 Å². The molecule has 5 rings (SSSR count). The molecule has 2 aromatic carbocycles. The van der Waals surface area contributed by atoms with Gasteiger partial charge in [0.05, 0.1) is 6.54 Å². The van der Waals surface area contributed by atoms with Gasteiger partial charge in [-0.2, -0.15) is 0 Å². The standard InChI is InChI=1S/C25H29N3O4/c1-16(21-3-2-4-22-24(21)32-15-31-22)27-20-10-9-19(13-20)17-5-7-18(8-6-17)25(30)28-12-11-26-23(29)14-28/h2-8,16,19-20,27H,9-15H2,1H3,(H,26,29). The summed E-state index contributed by atoms with van der Waals surface area (Å²) in [7, 11) is 0. The minimum absolute atomic E-state index is 0.0761. The molecule has 2 amide bonds. The van der Waals surface area contributed by atoms with Gasteiger partial charge in [0, 0.05) is 36.3 Å². The lowest BCUT2D eigenvalue weighted by molar-refractivity contribution is -0.123. The second kappa shape index (κ2) is 8.82. The molecule has 0 radical (unpaired) electrons. The Morgan fingerprint density at radius 3 is 2.81 bits per heavy atom. The summed E-state index contributed by atoms with van der Waals surface area (Å²) in [5.41, 5.74) is 3.05. The smallest absolute Gasteiger partial charge is 0.254 e. The summed E-state index contributed by atoms with van der Waals surface area (Å²) < 4.78 is 11.2. The predicted molar refractivity (Wildman–Crippen MR) is 120 cm³/mol. The molecule has 1 aliphatic carbocycles. The van der Waals surface area contributed by atoms with Crippen LogP contribution in [-0.2, 0) is 4.79 Å². The molecule has 32 heavy (non-hydrogen) atoms. The fraction of sp³-hybridized carbons (Fsp3) is 0.440. The maximum atomic E-state index is 12.7. The molecule has 2 heterocycles. The highest BCUT2D eigenvalue weighted by molar-refractivity contribution is 5.97. The number of ether oxygens (including phenoxy) is 2. The number of hydrogen-bond acceptors (Lipinski definition) is 5. The molecule has 0 spiro atoms. The van der Waals surface area contributed by atoms with E-state index in [1.54, 1.807) is 4.90 Å². The largest absolute Gasteiger partial charge is 0.454 e. The Morgan fingerprint density at radius 2 is 2.00 bits per heavy atom. The van der Waals surface area contributed by atoms with Crippen LogP contribution in [0, 0.1) is 0 Å². The van der Waals surface area contributed by atoms with Crippen LogP contribution >= 0.6 is 0 Å². The Labute approximate surface area is 188 Å². The van der Waals surface area contributed by atoms with Crippen molar-refractivity contribution in [3.05, 3.63) is 59.2 Å². The summed E-state index contributed by atoms with van der Waals surface area (Å²) in [6.07, 6.45) is 3.30. The van der Waals surface area contributed by atoms with Crippen molar-refractivity contribution in [3.8, 4) is 11.5 Å². The van der Waals surface area contributed by atoms with Crippen molar-refractivity contribution in [1.29, 1.82) is 0 Å². The van der Waals surface area contributed by atoms with Crippen molar-refractivity contribution in [3.63, 3.8) is 0 Å². The number of nitrogens with one attached hydrogen (secondary N) is 2. The number of rotatable bonds is 5. The van der Waals surface area contributed by atoms with Gasteiger partial charge < -0.3 is 25.0 Å². The first-order valence-electron chi connectivity index (χ1n) is 11.4. The molecule has 168 valence electrons. The number of carbonyl (C=O) groups is 2. The Kier molecular flexibility index (Phi) is 5.74. The van der Waals surface area contributed by atoms with Gasteiger partial charge in [0.25, 0.3) is 5.91 Å². The van der Waals surface area contributed by atoms with Crippen molar-refractivity contribution >= 4 is 11.8 Å². The topological polar surface area (TPSA) is 79.9 Å². The lowest BCUT2D eigenvalue weighted by atomic mass is 9.96. The third-order valence-corrected chi connectivity index (χ3v) is 6.77. The normalized spacial score (nSPS) is 23.2. The van der Waals surface area contributed by atoms with Gasteiger partial charge in [-0.1, -0.05) is 24.3 Å². The van der Waals surface area contributed by atoms with E-state index in [0.717, 1.165) is 36.3 Å². The van der Waals surface area contributed by atoms with Crippen LogP contribution in [-0.4, -0.2) is 49.2 Å². The first kappa shape index (κ1) is 20.8. The van der Waals surface area contributed by atoms with E-state index < -0.39 is 0 Å². The highest BCUT2D eigenvalue weighted by atomic mass is 16.7. The Hall–Kier alpha value is -3.06. The molecular formula is C25H29N3O4. The van der Waals surface area contributed by atoms with Crippen LogP contribution in [0.15, 0.2) is 42.5 Å². The van der Waals surface area contributed by atoms with Gasteiger partial charge in [0.2, 0.25) is 12.7 Å². The molecule has 2 N–H and O–H groups in total. The number of fused-ring (bicyclic) bond motifs is 1. The molecule has 7 nitrogen and oxygen atoms in total. The summed E-state index contributed by atoms with van der Waals surface area (Å²) in [5, 5.41) is 6.52. The third kappa shape index (κ3) is 4.17. The van der Waals surface area contributed by atoms with Crippen LogP contribution in [0.2, 0.25) is 0 Å². The number of benzene rings is 2. The number of piperazine rings is 1. The molecule has 7 heteroatoms. The number of para-hydroxylation sites is 1. The van der Waals surface area contributed by atoms with Crippen LogP contribution in [0.1, 0.15) is 59.6 Å². The van der Waals surface area contributed by atoms with E-state index in [0.29, 0.717) is 30.6 Å². The zero-order valence-corrected chi connectivity index (χ0v) is 18.3. The molecule has 3 atom stereocenters. The van der Waals surface area contributed by atoms with Crippen LogP contribution in [0.3, 0.4) is 0 Å². The summed E-state index contributed by atoms with van der Waals surface area (Å²) >= 11 is 0. The quantitative estimate of drug-likeness (QED) is 0.755. The third-order valence-electron chi connectivity index (χ3n) is 6.77. The number of amides is 2. The second-order valence-corrected chi connectivity index (χ2v) is 8.87. The molecule has 2 aliphatic heterocycles.